The first-order chi connectivity index (χ1) is 13.7. The molecule has 0 unspecified atom stereocenters. The smallest absolute Gasteiger partial charge is 0.744 e. The molecule has 10 heteroatoms. The Labute approximate surface area is 193 Å². The number of phenols is 2. The van der Waals surface area contributed by atoms with Crippen LogP contribution >= 0.6 is 0 Å². The summed E-state index contributed by atoms with van der Waals surface area (Å²) in [5.74, 6) is -2.44. The molecule has 0 aromatic heterocycles. The molecule has 0 saturated carbocycles. The van der Waals surface area contributed by atoms with Gasteiger partial charge in [0.15, 0.2) is 23.1 Å². The van der Waals surface area contributed by atoms with Gasteiger partial charge >= 0.3 is 29.6 Å². The predicted octanol–water partition coefficient (Wildman–Crippen LogP) is -0.475. The van der Waals surface area contributed by atoms with Gasteiger partial charge in [-0.2, -0.15) is 0 Å². The molecule has 4 rings (SSSR count). The molecule has 0 aliphatic heterocycles. The van der Waals surface area contributed by atoms with Crippen molar-refractivity contribution in [3.8, 4) is 11.5 Å². The second kappa shape index (κ2) is 7.86. The van der Waals surface area contributed by atoms with Crippen LogP contribution in [0.1, 0.15) is 31.8 Å². The molecule has 1 aliphatic rings. The topological polar surface area (TPSA) is 144 Å². The van der Waals surface area contributed by atoms with Gasteiger partial charge in [-0.1, -0.05) is 24.3 Å². The molecule has 8 nitrogen and oxygen atoms in total. The minimum atomic E-state index is -4.62. The van der Waals surface area contributed by atoms with Crippen molar-refractivity contribution < 1.29 is 62.3 Å². The van der Waals surface area contributed by atoms with Gasteiger partial charge in [-0.05, 0) is 24.3 Å². The Morgan fingerprint density at radius 2 is 1.37 bits per heavy atom. The van der Waals surface area contributed by atoms with Crippen molar-refractivity contribution in [1.29, 1.82) is 0 Å². The molecule has 0 amide bonds. The van der Waals surface area contributed by atoms with Crippen molar-refractivity contribution in [1.82, 2.24) is 0 Å². The second-order valence-corrected chi connectivity index (χ2v) is 7.73. The van der Waals surface area contributed by atoms with Gasteiger partial charge in [-0.3, -0.25) is 9.59 Å². The molecule has 0 bridgehead atoms. The zero-order valence-corrected chi connectivity index (χ0v) is 18.4. The molecule has 146 valence electrons. The van der Waals surface area contributed by atoms with Crippen LogP contribution in [-0.2, 0) is 10.1 Å². The number of phenolic OH excluding ortho intramolecular Hbond substituents is 2. The van der Waals surface area contributed by atoms with Crippen molar-refractivity contribution in [2.24, 2.45) is 0 Å². The quantitative estimate of drug-likeness (QED) is 0.170. The summed E-state index contributed by atoms with van der Waals surface area (Å²) in [4.78, 5) is 25.4. The van der Waals surface area contributed by atoms with Gasteiger partial charge in [0.25, 0.3) is 0 Å². The first kappa shape index (κ1) is 22.0. The van der Waals surface area contributed by atoms with Gasteiger partial charge < -0.3 is 20.1 Å². The first-order valence-electron chi connectivity index (χ1n) is 8.29. The van der Waals surface area contributed by atoms with E-state index in [4.69, 9.17) is 0 Å². The van der Waals surface area contributed by atoms with Crippen LogP contribution in [0, 0.1) is 0 Å². The van der Waals surface area contributed by atoms with E-state index in [2.05, 4.69) is 5.32 Å². The van der Waals surface area contributed by atoms with E-state index < -0.39 is 38.1 Å². The fraction of sp³-hybridized carbons (Fsp3) is 0. The number of anilines is 2. The number of aromatic hydroxyl groups is 2. The zero-order chi connectivity index (χ0) is 20.9. The number of hydrogen-bond acceptors (Lipinski definition) is 8. The molecule has 30 heavy (non-hydrogen) atoms. The van der Waals surface area contributed by atoms with Crippen LogP contribution in [0.3, 0.4) is 0 Å². The summed E-state index contributed by atoms with van der Waals surface area (Å²) >= 11 is 0. The molecule has 0 spiro atoms. The third-order valence-corrected chi connectivity index (χ3v) is 5.42. The number of ketones is 2. The normalized spacial score (nSPS) is 12.6. The van der Waals surface area contributed by atoms with Crippen molar-refractivity contribution in [3.05, 3.63) is 76.9 Å². The Kier molecular flexibility index (Phi) is 5.76. The second-order valence-electron chi connectivity index (χ2n) is 6.35. The maximum Gasteiger partial charge on any atom is 1.00 e. The molecule has 0 radical (unpaired) electrons. The van der Waals surface area contributed by atoms with Crippen molar-refractivity contribution in [2.75, 3.05) is 5.32 Å². The average molecular weight is 433 g/mol. The number of hydrogen-bond donors (Lipinski definition) is 3. The van der Waals surface area contributed by atoms with E-state index in [1.807, 2.05) is 0 Å². The molecule has 3 N–H and O–H groups in total. The van der Waals surface area contributed by atoms with Gasteiger partial charge in [0.2, 0.25) is 0 Å². The van der Waals surface area contributed by atoms with E-state index >= 15 is 0 Å². The zero-order valence-electron chi connectivity index (χ0n) is 15.5. The van der Waals surface area contributed by atoms with Gasteiger partial charge in [-0.25, -0.2) is 8.42 Å². The third-order valence-electron chi connectivity index (χ3n) is 4.57. The van der Waals surface area contributed by atoms with Gasteiger partial charge in [0.05, 0.1) is 21.7 Å². The Hall–Kier alpha value is -2.69. The summed E-state index contributed by atoms with van der Waals surface area (Å²) < 4.78 is 33.2. The summed E-state index contributed by atoms with van der Waals surface area (Å²) in [5, 5.41) is 23.1. The Balaban J connectivity index is 0.00000256. The van der Waals surface area contributed by atoms with Crippen LogP contribution in [0.2, 0.25) is 0 Å². The average Bonchev–Trinajstić information content (AvgIpc) is 2.68. The molecule has 0 heterocycles. The largest absolute Gasteiger partial charge is 1.00 e. The molecule has 0 saturated heterocycles. The summed E-state index contributed by atoms with van der Waals surface area (Å²) in [6.45, 7) is 0. The standard InChI is InChI=1S/C20H13NO7S.Na/c22-15-9-14(21-10-5-7-11(8-6-10)29(26,27)28)16-17(20(15)25)19(24)13-4-2-1-3-12(13)18(16)23;/h1-9,21-22,25H,(H,26,27,28);/q;+1/p-1. The number of rotatable bonds is 3. The molecule has 0 atom stereocenters. The maximum atomic E-state index is 13.0. The van der Waals surface area contributed by atoms with Crippen LogP contribution in [-0.4, -0.2) is 34.8 Å². The van der Waals surface area contributed by atoms with E-state index in [0.29, 0.717) is 5.69 Å². The number of carbonyl (C=O) groups is 2. The molecule has 3 aromatic carbocycles. The monoisotopic (exact) mass is 433 g/mol. The molecular formula is C20H12NNaO7S. The van der Waals surface area contributed by atoms with Crippen LogP contribution in [0.5, 0.6) is 11.5 Å². The minimum absolute atomic E-state index is 0. The number of carbonyl (C=O) groups excluding carboxylic acids is 2. The van der Waals surface area contributed by atoms with Crippen molar-refractivity contribution in [2.45, 2.75) is 4.90 Å². The van der Waals surface area contributed by atoms with Crippen molar-refractivity contribution >= 4 is 33.1 Å². The van der Waals surface area contributed by atoms with Crippen LogP contribution in [0.15, 0.2) is 59.5 Å². The number of nitrogens with one attached hydrogen (secondary N) is 1. The van der Waals surface area contributed by atoms with E-state index in [9.17, 15) is 32.8 Å². The predicted molar refractivity (Wildman–Crippen MR) is 101 cm³/mol. The molecule has 3 aromatic rings. The Morgan fingerprint density at radius 3 is 1.90 bits per heavy atom. The summed E-state index contributed by atoms with van der Waals surface area (Å²) in [5.41, 5.74) is 0.164. The van der Waals surface area contributed by atoms with Crippen molar-refractivity contribution in [3.63, 3.8) is 0 Å². The van der Waals surface area contributed by atoms with Crippen LogP contribution in [0.4, 0.5) is 11.4 Å². The molecule has 1 aliphatic carbocycles. The fourth-order valence-corrected chi connectivity index (χ4v) is 3.69. The summed E-state index contributed by atoms with van der Waals surface area (Å²) in [6.07, 6.45) is 0. The van der Waals surface area contributed by atoms with E-state index in [0.717, 1.165) is 18.2 Å². The van der Waals surface area contributed by atoms with E-state index in [1.54, 1.807) is 12.1 Å². The molecule has 0 fully saturated rings. The number of fused-ring (bicyclic) bond motifs is 2. The minimum Gasteiger partial charge on any atom is -0.744 e. The Morgan fingerprint density at radius 1 is 0.833 bits per heavy atom. The summed E-state index contributed by atoms with van der Waals surface area (Å²) in [7, 11) is -4.62. The van der Waals surface area contributed by atoms with Crippen LogP contribution < -0.4 is 34.9 Å². The van der Waals surface area contributed by atoms with Crippen LogP contribution in [0.25, 0.3) is 0 Å². The first-order valence-corrected chi connectivity index (χ1v) is 9.69. The van der Waals surface area contributed by atoms with Gasteiger partial charge in [0.1, 0.15) is 10.1 Å². The number of benzene rings is 3. The third kappa shape index (κ3) is 3.62. The maximum absolute atomic E-state index is 13.0. The van der Waals surface area contributed by atoms with E-state index in [-0.39, 0.29) is 57.5 Å². The van der Waals surface area contributed by atoms with E-state index in [1.165, 1.54) is 24.3 Å². The SMILES string of the molecule is O=C1c2ccccc2C(=O)c2c(O)c(O)cc(Nc3ccc(S(=O)(=O)[O-])cc3)c21.[Na+]. The fourth-order valence-electron chi connectivity index (χ4n) is 3.22. The Bertz CT molecular complexity index is 1300. The van der Waals surface area contributed by atoms with Gasteiger partial charge in [-0.15, -0.1) is 0 Å². The summed E-state index contributed by atoms with van der Waals surface area (Å²) in [6, 6.07) is 12.0. The molecular weight excluding hydrogens is 421 g/mol. The van der Waals surface area contributed by atoms with Gasteiger partial charge in [0, 0.05) is 22.9 Å².